The van der Waals surface area contributed by atoms with Crippen molar-refractivity contribution in [2.75, 3.05) is 13.6 Å². The highest BCUT2D eigenvalue weighted by Gasteiger charge is 2.50. The highest BCUT2D eigenvalue weighted by Crippen LogP contribution is 2.46. The predicted octanol–water partition coefficient (Wildman–Crippen LogP) is 4.10. The Balaban J connectivity index is 2.14. The van der Waals surface area contributed by atoms with E-state index >= 15 is 0 Å². The summed E-state index contributed by atoms with van der Waals surface area (Å²) in [5, 5.41) is 13.0. The lowest BCUT2D eigenvalue weighted by molar-refractivity contribution is -0.874. The summed E-state index contributed by atoms with van der Waals surface area (Å²) in [6.07, 6.45) is 1.86. The molecule has 3 rings (SSSR count). The molecule has 21 heavy (non-hydrogen) atoms. The van der Waals surface area contributed by atoms with Gasteiger partial charge in [-0.25, -0.2) is 0 Å². The van der Waals surface area contributed by atoms with Gasteiger partial charge in [-0.1, -0.05) is 67.6 Å². The van der Waals surface area contributed by atoms with E-state index < -0.39 is 0 Å². The first-order chi connectivity index (χ1) is 10.1. The van der Waals surface area contributed by atoms with Gasteiger partial charge >= 0.3 is 0 Å². The van der Waals surface area contributed by atoms with E-state index in [-0.39, 0.29) is 16.1 Å². The number of hydroxylamine groups is 3. The van der Waals surface area contributed by atoms with Crippen molar-refractivity contribution in [3.8, 4) is 0 Å². The number of likely N-dealkylation sites (tertiary alicyclic amines) is 1. The van der Waals surface area contributed by atoms with E-state index in [1.165, 1.54) is 11.1 Å². The molecule has 1 heterocycles. The maximum atomic E-state index is 13.0. The van der Waals surface area contributed by atoms with E-state index in [0.717, 1.165) is 12.8 Å². The van der Waals surface area contributed by atoms with Crippen LogP contribution in [0.5, 0.6) is 0 Å². The molecule has 1 aliphatic heterocycles. The number of likely N-dealkylation sites (N-methyl/N-ethyl adjacent to an activating group) is 1. The summed E-state index contributed by atoms with van der Waals surface area (Å²) in [6, 6.07) is 21.3. The van der Waals surface area contributed by atoms with Crippen molar-refractivity contribution in [1.82, 2.24) is 0 Å². The first-order valence-electron chi connectivity index (χ1n) is 7.76. The minimum Gasteiger partial charge on any atom is -0.633 e. The van der Waals surface area contributed by atoms with Crippen LogP contribution in [0.3, 0.4) is 0 Å². The van der Waals surface area contributed by atoms with Crippen LogP contribution >= 0.6 is 0 Å². The maximum Gasteiger partial charge on any atom is 0.0925 e. The molecule has 2 nitrogen and oxygen atoms in total. The van der Waals surface area contributed by atoms with Crippen LogP contribution in [-0.2, 0) is 5.41 Å². The minimum absolute atomic E-state index is 0.139. The van der Waals surface area contributed by atoms with Gasteiger partial charge in [-0.2, -0.15) is 0 Å². The van der Waals surface area contributed by atoms with Crippen molar-refractivity contribution >= 4 is 0 Å². The smallest absolute Gasteiger partial charge is 0.0925 e. The number of nitrogens with zero attached hydrogens (tertiary/aromatic N) is 1. The molecule has 0 amide bonds. The molecular formula is C19H23NO. The van der Waals surface area contributed by atoms with Gasteiger partial charge in [0.2, 0.25) is 0 Å². The summed E-state index contributed by atoms with van der Waals surface area (Å²) < 4.78 is -0.139. The second-order valence-electron chi connectivity index (χ2n) is 6.41. The van der Waals surface area contributed by atoms with Gasteiger partial charge in [0.25, 0.3) is 0 Å². The van der Waals surface area contributed by atoms with E-state index in [9.17, 15) is 5.21 Å². The van der Waals surface area contributed by atoms with Crippen molar-refractivity contribution in [2.45, 2.75) is 31.2 Å². The van der Waals surface area contributed by atoms with Gasteiger partial charge in [-0.05, 0) is 17.5 Å². The SMILES string of the molecule is CC[C@@H]1CC(c2ccccc2)(c2ccccc2)C[N+]1(C)[O-]. The summed E-state index contributed by atoms with van der Waals surface area (Å²) in [5.74, 6) is 0. The fourth-order valence-electron chi connectivity index (χ4n) is 3.95. The molecule has 1 unspecified atom stereocenters. The molecule has 2 aromatic rings. The van der Waals surface area contributed by atoms with Crippen LogP contribution in [0.25, 0.3) is 0 Å². The van der Waals surface area contributed by atoms with E-state index in [1.807, 2.05) is 19.2 Å². The van der Waals surface area contributed by atoms with Crippen LogP contribution in [0.1, 0.15) is 30.9 Å². The monoisotopic (exact) mass is 281 g/mol. The van der Waals surface area contributed by atoms with Gasteiger partial charge < -0.3 is 9.85 Å². The Morgan fingerprint density at radius 3 is 1.86 bits per heavy atom. The Bertz CT molecular complexity index is 552. The first kappa shape index (κ1) is 14.3. The molecule has 0 radical (unpaired) electrons. The third-order valence-electron chi connectivity index (χ3n) is 5.06. The standard InChI is InChI=1S/C19H23NO/c1-3-18-14-19(15-20(18,2)21,16-10-6-4-7-11-16)17-12-8-5-9-13-17/h4-13,18H,3,14-15H2,1-2H3/t18-,20?/m1/s1. The van der Waals surface area contributed by atoms with Crippen molar-refractivity contribution < 1.29 is 4.65 Å². The zero-order valence-electron chi connectivity index (χ0n) is 12.8. The Morgan fingerprint density at radius 1 is 1.00 bits per heavy atom. The van der Waals surface area contributed by atoms with Crippen LogP contribution in [-0.4, -0.2) is 24.3 Å². The number of hydrogen-bond acceptors (Lipinski definition) is 1. The lowest BCUT2D eigenvalue weighted by atomic mass is 9.73. The van der Waals surface area contributed by atoms with Crippen LogP contribution in [0.2, 0.25) is 0 Å². The van der Waals surface area contributed by atoms with Crippen LogP contribution in [0.4, 0.5) is 0 Å². The quantitative estimate of drug-likeness (QED) is 0.613. The number of rotatable bonds is 3. The molecule has 1 fully saturated rings. The van der Waals surface area contributed by atoms with Gasteiger partial charge in [0.1, 0.15) is 0 Å². The Kier molecular flexibility index (Phi) is 3.60. The zero-order chi connectivity index (χ0) is 14.9. The van der Waals surface area contributed by atoms with Crippen molar-refractivity contribution in [3.63, 3.8) is 0 Å². The lowest BCUT2D eigenvalue weighted by Gasteiger charge is -2.41. The summed E-state index contributed by atoms with van der Waals surface area (Å²) >= 11 is 0. The normalized spacial score (nSPS) is 27.7. The van der Waals surface area contributed by atoms with Gasteiger partial charge in [-0.3, -0.25) is 0 Å². The fourth-order valence-corrected chi connectivity index (χ4v) is 3.95. The molecule has 2 atom stereocenters. The van der Waals surface area contributed by atoms with Crippen molar-refractivity contribution in [1.29, 1.82) is 0 Å². The van der Waals surface area contributed by atoms with Gasteiger partial charge in [0.05, 0.1) is 25.0 Å². The Labute approximate surface area is 127 Å². The van der Waals surface area contributed by atoms with Crippen LogP contribution in [0, 0.1) is 5.21 Å². The highest BCUT2D eigenvalue weighted by molar-refractivity contribution is 5.40. The second-order valence-corrected chi connectivity index (χ2v) is 6.41. The minimum atomic E-state index is -0.153. The molecule has 1 aliphatic rings. The Morgan fingerprint density at radius 2 is 1.48 bits per heavy atom. The van der Waals surface area contributed by atoms with Gasteiger partial charge in [0.15, 0.2) is 0 Å². The molecule has 0 saturated carbocycles. The maximum absolute atomic E-state index is 13.0. The average Bonchev–Trinajstić information content (AvgIpc) is 2.81. The Hall–Kier alpha value is -1.64. The number of benzene rings is 2. The summed E-state index contributed by atoms with van der Waals surface area (Å²) in [6.45, 7) is 2.75. The van der Waals surface area contributed by atoms with Crippen LogP contribution < -0.4 is 0 Å². The van der Waals surface area contributed by atoms with E-state index in [0.29, 0.717) is 6.54 Å². The summed E-state index contributed by atoms with van der Waals surface area (Å²) in [7, 11) is 1.84. The molecule has 2 aromatic carbocycles. The summed E-state index contributed by atoms with van der Waals surface area (Å²) in [5.41, 5.74) is 2.39. The fraction of sp³-hybridized carbons (Fsp3) is 0.368. The van der Waals surface area contributed by atoms with Gasteiger partial charge in [-0.15, -0.1) is 0 Å². The van der Waals surface area contributed by atoms with E-state index in [2.05, 4.69) is 55.5 Å². The average molecular weight is 281 g/mol. The molecule has 0 aliphatic carbocycles. The largest absolute Gasteiger partial charge is 0.633 e. The molecule has 1 saturated heterocycles. The van der Waals surface area contributed by atoms with E-state index in [1.54, 1.807) is 0 Å². The molecule has 0 N–H and O–H groups in total. The highest BCUT2D eigenvalue weighted by atomic mass is 16.5. The van der Waals surface area contributed by atoms with Crippen molar-refractivity contribution in [3.05, 3.63) is 77.0 Å². The molecular weight excluding hydrogens is 258 g/mol. The number of hydrogen-bond donors (Lipinski definition) is 0. The molecule has 0 spiro atoms. The van der Waals surface area contributed by atoms with Crippen molar-refractivity contribution in [2.24, 2.45) is 0 Å². The molecule has 110 valence electrons. The summed E-state index contributed by atoms with van der Waals surface area (Å²) in [4.78, 5) is 0. The van der Waals surface area contributed by atoms with E-state index in [4.69, 9.17) is 0 Å². The molecule has 0 aromatic heterocycles. The van der Waals surface area contributed by atoms with Crippen LogP contribution in [0.15, 0.2) is 60.7 Å². The first-order valence-corrected chi connectivity index (χ1v) is 7.76. The zero-order valence-corrected chi connectivity index (χ0v) is 12.8. The predicted molar refractivity (Wildman–Crippen MR) is 86.8 cm³/mol. The topological polar surface area (TPSA) is 23.1 Å². The molecule has 2 heteroatoms. The third-order valence-corrected chi connectivity index (χ3v) is 5.06. The third kappa shape index (κ3) is 2.39. The number of quaternary nitrogens is 1. The second kappa shape index (κ2) is 5.28. The van der Waals surface area contributed by atoms with Gasteiger partial charge in [0, 0.05) is 6.42 Å². The lowest BCUT2D eigenvalue weighted by Crippen LogP contribution is -2.43. The molecule has 0 bridgehead atoms.